The highest BCUT2D eigenvalue weighted by molar-refractivity contribution is 5.70. The minimum Gasteiger partial charge on any atom is -0.394 e. The summed E-state index contributed by atoms with van der Waals surface area (Å²) in [6.07, 6.45) is 0.734. The van der Waals surface area contributed by atoms with Gasteiger partial charge in [-0.3, -0.25) is 14.3 Å². The molecular formula is C11H17N5O4. The van der Waals surface area contributed by atoms with Gasteiger partial charge in [-0.15, -0.1) is 0 Å². The zero-order valence-electron chi connectivity index (χ0n) is 11.0. The summed E-state index contributed by atoms with van der Waals surface area (Å²) in [5.74, 6) is -0.0139. The first-order valence-corrected chi connectivity index (χ1v) is 6.20. The van der Waals surface area contributed by atoms with Crippen molar-refractivity contribution in [2.24, 2.45) is 0 Å². The Balaban J connectivity index is 2.42. The molecule has 0 aliphatic rings. The Labute approximate surface area is 114 Å². The molecule has 1 atom stereocenters. The molecule has 9 nitrogen and oxygen atoms in total. The molecule has 0 spiro atoms. The lowest BCUT2D eigenvalue weighted by molar-refractivity contribution is -0.0935. The minimum absolute atomic E-state index is 0.0139. The average molecular weight is 283 g/mol. The van der Waals surface area contributed by atoms with Gasteiger partial charge in [-0.2, -0.15) is 4.98 Å². The van der Waals surface area contributed by atoms with E-state index in [1.807, 2.05) is 6.92 Å². The predicted molar refractivity (Wildman–Crippen MR) is 70.9 cm³/mol. The second-order valence-corrected chi connectivity index (χ2v) is 4.26. The van der Waals surface area contributed by atoms with Crippen LogP contribution in [0.1, 0.15) is 19.6 Å². The minimum atomic E-state index is -0.711. The van der Waals surface area contributed by atoms with E-state index in [1.165, 1.54) is 6.33 Å². The number of anilines is 1. The van der Waals surface area contributed by atoms with Crippen molar-refractivity contribution in [2.45, 2.75) is 25.7 Å². The monoisotopic (exact) mass is 283 g/mol. The van der Waals surface area contributed by atoms with E-state index in [9.17, 15) is 4.79 Å². The SMILES string of the molecule is CC[C@@H](OC(CO)CO)n1cnc2c(=O)[nH]c(N)nc21. The summed E-state index contributed by atoms with van der Waals surface area (Å²) in [6.45, 7) is 1.24. The fourth-order valence-corrected chi connectivity index (χ4v) is 1.88. The van der Waals surface area contributed by atoms with Gasteiger partial charge in [0.1, 0.15) is 12.3 Å². The maximum absolute atomic E-state index is 11.7. The van der Waals surface area contributed by atoms with Crippen molar-refractivity contribution in [1.82, 2.24) is 19.5 Å². The van der Waals surface area contributed by atoms with Crippen molar-refractivity contribution >= 4 is 17.1 Å². The molecule has 20 heavy (non-hydrogen) atoms. The second-order valence-electron chi connectivity index (χ2n) is 4.26. The summed E-state index contributed by atoms with van der Waals surface area (Å²) in [6, 6.07) is 0. The number of fused-ring (bicyclic) bond motifs is 1. The number of nitrogens with zero attached hydrogens (tertiary/aromatic N) is 3. The Bertz CT molecular complexity index is 633. The molecule has 0 aliphatic heterocycles. The number of aliphatic hydroxyl groups excluding tert-OH is 2. The molecule has 0 aromatic carbocycles. The van der Waals surface area contributed by atoms with Gasteiger partial charge < -0.3 is 20.7 Å². The fraction of sp³-hybridized carbons (Fsp3) is 0.545. The van der Waals surface area contributed by atoms with E-state index in [0.29, 0.717) is 12.1 Å². The summed E-state index contributed by atoms with van der Waals surface area (Å²) in [5.41, 5.74) is 5.55. The Morgan fingerprint density at radius 1 is 1.50 bits per heavy atom. The van der Waals surface area contributed by atoms with Crippen LogP contribution in [0.25, 0.3) is 11.2 Å². The number of nitrogen functional groups attached to an aromatic ring is 1. The van der Waals surface area contributed by atoms with Crippen molar-refractivity contribution in [2.75, 3.05) is 18.9 Å². The lowest BCUT2D eigenvalue weighted by Crippen LogP contribution is -2.27. The van der Waals surface area contributed by atoms with Crippen LogP contribution in [0.5, 0.6) is 0 Å². The van der Waals surface area contributed by atoms with Crippen LogP contribution in [0, 0.1) is 0 Å². The number of nitrogens with one attached hydrogen (secondary N) is 1. The molecule has 2 rings (SSSR count). The lowest BCUT2D eigenvalue weighted by Gasteiger charge is -2.22. The molecule has 0 amide bonds. The van der Waals surface area contributed by atoms with E-state index >= 15 is 0 Å². The van der Waals surface area contributed by atoms with E-state index < -0.39 is 17.9 Å². The Kier molecular flexibility index (Phi) is 4.32. The highest BCUT2D eigenvalue weighted by atomic mass is 16.5. The molecule has 0 unspecified atom stereocenters. The number of hydrogen-bond acceptors (Lipinski definition) is 7. The smallest absolute Gasteiger partial charge is 0.280 e. The number of aromatic amines is 1. The van der Waals surface area contributed by atoms with Crippen LogP contribution in [-0.2, 0) is 4.74 Å². The molecule has 2 heterocycles. The number of ether oxygens (including phenoxy) is 1. The normalized spacial score (nSPS) is 13.2. The average Bonchev–Trinajstić information content (AvgIpc) is 2.84. The molecule has 0 radical (unpaired) electrons. The highest BCUT2D eigenvalue weighted by Crippen LogP contribution is 2.19. The zero-order chi connectivity index (χ0) is 14.7. The van der Waals surface area contributed by atoms with Crippen LogP contribution in [-0.4, -0.2) is 49.0 Å². The first-order valence-electron chi connectivity index (χ1n) is 6.20. The van der Waals surface area contributed by atoms with E-state index in [1.54, 1.807) is 4.57 Å². The molecule has 0 bridgehead atoms. The van der Waals surface area contributed by atoms with E-state index in [0.717, 1.165) is 0 Å². The molecule has 0 saturated carbocycles. The molecule has 2 aromatic rings. The van der Waals surface area contributed by atoms with E-state index in [-0.39, 0.29) is 24.7 Å². The molecule has 2 aromatic heterocycles. The number of aromatic nitrogens is 4. The molecule has 5 N–H and O–H groups in total. The zero-order valence-corrected chi connectivity index (χ0v) is 11.0. The van der Waals surface area contributed by atoms with Gasteiger partial charge in [-0.25, -0.2) is 4.98 Å². The Morgan fingerprint density at radius 2 is 2.20 bits per heavy atom. The van der Waals surface area contributed by atoms with Gasteiger partial charge in [0, 0.05) is 0 Å². The van der Waals surface area contributed by atoms with Gasteiger partial charge in [0.15, 0.2) is 11.2 Å². The number of nitrogens with two attached hydrogens (primary N) is 1. The van der Waals surface area contributed by atoms with Gasteiger partial charge in [0.05, 0.1) is 19.5 Å². The highest BCUT2D eigenvalue weighted by Gasteiger charge is 2.19. The number of rotatable bonds is 6. The molecule has 0 fully saturated rings. The summed E-state index contributed by atoms with van der Waals surface area (Å²) in [5, 5.41) is 18.1. The van der Waals surface area contributed by atoms with Gasteiger partial charge in [0.2, 0.25) is 5.95 Å². The van der Waals surface area contributed by atoms with E-state index in [2.05, 4.69) is 15.0 Å². The largest absolute Gasteiger partial charge is 0.394 e. The molecule has 9 heteroatoms. The van der Waals surface area contributed by atoms with Crippen LogP contribution in [0.15, 0.2) is 11.1 Å². The fourth-order valence-electron chi connectivity index (χ4n) is 1.88. The van der Waals surface area contributed by atoms with Crippen LogP contribution in [0.3, 0.4) is 0 Å². The second kappa shape index (κ2) is 5.99. The Morgan fingerprint density at radius 3 is 2.80 bits per heavy atom. The molecule has 0 saturated heterocycles. The van der Waals surface area contributed by atoms with Crippen molar-refractivity contribution in [3.63, 3.8) is 0 Å². The van der Waals surface area contributed by atoms with Gasteiger partial charge in [0.25, 0.3) is 5.56 Å². The number of imidazole rings is 1. The standard InChI is InChI=1S/C11H17N5O4/c1-2-7(20-6(3-17)4-18)16-5-13-8-9(16)14-11(12)15-10(8)19/h5-7,17-18H,2-4H2,1H3,(H3,12,14,15,19)/t7-/m1/s1. The van der Waals surface area contributed by atoms with E-state index in [4.69, 9.17) is 20.7 Å². The van der Waals surface area contributed by atoms with Crippen LogP contribution in [0.2, 0.25) is 0 Å². The maximum atomic E-state index is 11.7. The van der Waals surface area contributed by atoms with Crippen molar-refractivity contribution < 1.29 is 14.9 Å². The van der Waals surface area contributed by atoms with Crippen molar-refractivity contribution in [3.8, 4) is 0 Å². The number of hydrogen-bond donors (Lipinski definition) is 4. The van der Waals surface area contributed by atoms with Gasteiger partial charge >= 0.3 is 0 Å². The third-order valence-corrected chi connectivity index (χ3v) is 2.87. The first kappa shape index (κ1) is 14.4. The van der Waals surface area contributed by atoms with Crippen LogP contribution >= 0.6 is 0 Å². The first-order chi connectivity index (χ1) is 9.60. The number of H-pyrrole nitrogens is 1. The van der Waals surface area contributed by atoms with Gasteiger partial charge in [-0.1, -0.05) is 6.92 Å². The third-order valence-electron chi connectivity index (χ3n) is 2.87. The van der Waals surface area contributed by atoms with Crippen molar-refractivity contribution in [3.05, 3.63) is 16.7 Å². The van der Waals surface area contributed by atoms with Gasteiger partial charge in [-0.05, 0) is 6.42 Å². The molecule has 110 valence electrons. The summed E-state index contributed by atoms with van der Waals surface area (Å²) in [4.78, 5) is 22.1. The summed E-state index contributed by atoms with van der Waals surface area (Å²) < 4.78 is 7.12. The topological polar surface area (TPSA) is 139 Å². The lowest BCUT2D eigenvalue weighted by atomic mass is 10.3. The third kappa shape index (κ3) is 2.64. The summed E-state index contributed by atoms with van der Waals surface area (Å²) >= 11 is 0. The quantitative estimate of drug-likeness (QED) is 0.532. The predicted octanol–water partition coefficient (Wildman–Crippen LogP) is -1.02. The Hall–Kier alpha value is -1.97. The summed E-state index contributed by atoms with van der Waals surface area (Å²) in [7, 11) is 0. The van der Waals surface area contributed by atoms with Crippen LogP contribution < -0.4 is 11.3 Å². The maximum Gasteiger partial charge on any atom is 0.280 e. The molecular weight excluding hydrogens is 266 g/mol. The van der Waals surface area contributed by atoms with Crippen molar-refractivity contribution in [1.29, 1.82) is 0 Å². The molecule has 0 aliphatic carbocycles. The number of aliphatic hydroxyl groups is 2. The van der Waals surface area contributed by atoms with Crippen LogP contribution in [0.4, 0.5) is 5.95 Å².